The van der Waals surface area contributed by atoms with Gasteiger partial charge in [0.2, 0.25) is 0 Å². The van der Waals surface area contributed by atoms with E-state index in [-0.39, 0.29) is 5.41 Å². The second-order valence-corrected chi connectivity index (χ2v) is 6.21. The van der Waals surface area contributed by atoms with Crippen LogP contribution in [0.2, 0.25) is 0 Å². The Morgan fingerprint density at radius 3 is 2.68 bits per heavy atom. The first kappa shape index (κ1) is 17.4. The number of aromatic nitrogens is 2. The third kappa shape index (κ3) is 4.76. The molecule has 22 heavy (non-hydrogen) atoms. The molecule has 0 spiro atoms. The molecule has 1 unspecified atom stereocenters. The maximum absolute atomic E-state index is 9.88. The predicted molar refractivity (Wildman–Crippen MR) is 81.3 cm³/mol. The van der Waals surface area contributed by atoms with Crippen LogP contribution in [0.3, 0.4) is 0 Å². The highest BCUT2D eigenvalue weighted by Crippen LogP contribution is 2.38. The number of aliphatic hydroxyl groups excluding tert-OH is 2. The molecular formula is C15H27N3O4. The van der Waals surface area contributed by atoms with E-state index in [0.29, 0.717) is 45.8 Å². The van der Waals surface area contributed by atoms with Crippen LogP contribution in [0.15, 0.2) is 12.4 Å². The van der Waals surface area contributed by atoms with E-state index in [9.17, 15) is 10.2 Å². The number of rotatable bonds is 9. The van der Waals surface area contributed by atoms with Crippen molar-refractivity contribution in [3.8, 4) is 0 Å². The number of aryl methyl sites for hydroxylation is 1. The van der Waals surface area contributed by atoms with Crippen molar-refractivity contribution in [2.45, 2.75) is 31.6 Å². The summed E-state index contributed by atoms with van der Waals surface area (Å²) in [6.45, 7) is 2.96. The number of aliphatic hydroxyl groups is 2. The van der Waals surface area contributed by atoms with Crippen molar-refractivity contribution in [3.63, 3.8) is 0 Å². The summed E-state index contributed by atoms with van der Waals surface area (Å²) in [5.41, 5.74) is 0.867. The minimum Gasteiger partial charge on any atom is -0.390 e. The van der Waals surface area contributed by atoms with Crippen LogP contribution in [-0.2, 0) is 23.1 Å². The van der Waals surface area contributed by atoms with Crippen LogP contribution in [0, 0.1) is 5.41 Å². The fraction of sp³-hybridized carbons (Fsp3) is 0.800. The maximum atomic E-state index is 9.88. The molecule has 7 nitrogen and oxygen atoms in total. The van der Waals surface area contributed by atoms with Gasteiger partial charge in [-0.3, -0.25) is 4.68 Å². The number of methoxy groups -OCH3 is 1. The molecule has 0 aromatic carbocycles. The van der Waals surface area contributed by atoms with Crippen molar-refractivity contribution in [3.05, 3.63) is 18.0 Å². The molecule has 0 radical (unpaired) electrons. The molecule has 7 heteroatoms. The summed E-state index contributed by atoms with van der Waals surface area (Å²) in [7, 11) is 3.52. The zero-order chi connectivity index (χ0) is 16.0. The second kappa shape index (κ2) is 8.03. The van der Waals surface area contributed by atoms with Gasteiger partial charge in [-0.05, 0) is 12.8 Å². The predicted octanol–water partition coefficient (Wildman–Crippen LogP) is -0.325. The molecule has 126 valence electrons. The van der Waals surface area contributed by atoms with Crippen molar-refractivity contribution in [2.24, 2.45) is 12.5 Å². The lowest BCUT2D eigenvalue weighted by molar-refractivity contribution is 0.0111. The van der Waals surface area contributed by atoms with E-state index in [0.717, 1.165) is 5.56 Å². The van der Waals surface area contributed by atoms with Gasteiger partial charge < -0.3 is 25.0 Å². The Balaban J connectivity index is 1.84. The summed E-state index contributed by atoms with van der Waals surface area (Å²) in [5, 5.41) is 27.3. The first-order chi connectivity index (χ1) is 10.5. The Kier molecular flexibility index (Phi) is 6.34. The molecule has 1 aliphatic rings. The average molecular weight is 313 g/mol. The molecule has 1 aromatic heterocycles. The Hall–Kier alpha value is -0.990. The van der Waals surface area contributed by atoms with Gasteiger partial charge in [0.1, 0.15) is 0 Å². The third-order valence-electron chi connectivity index (χ3n) is 4.16. The first-order valence-electron chi connectivity index (χ1n) is 7.66. The Morgan fingerprint density at radius 1 is 1.36 bits per heavy atom. The normalized spacial score (nSPS) is 28.4. The number of nitrogens with one attached hydrogen (secondary N) is 1. The molecular weight excluding hydrogens is 286 g/mol. The molecule has 1 fully saturated rings. The quantitative estimate of drug-likeness (QED) is 0.541. The van der Waals surface area contributed by atoms with Gasteiger partial charge in [-0.25, -0.2) is 0 Å². The van der Waals surface area contributed by atoms with E-state index >= 15 is 0 Å². The summed E-state index contributed by atoms with van der Waals surface area (Å²) in [5.74, 6) is 0. The van der Waals surface area contributed by atoms with Gasteiger partial charge >= 0.3 is 0 Å². The average Bonchev–Trinajstić information content (AvgIpc) is 3.00. The van der Waals surface area contributed by atoms with E-state index in [1.807, 2.05) is 19.4 Å². The molecule has 2 rings (SSSR count). The number of nitrogens with zero attached hydrogens (tertiary/aromatic N) is 2. The summed E-state index contributed by atoms with van der Waals surface area (Å²) in [4.78, 5) is 0. The topological polar surface area (TPSA) is 88.8 Å². The lowest BCUT2D eigenvalue weighted by Gasteiger charge is -2.29. The largest absolute Gasteiger partial charge is 0.390 e. The number of ether oxygens (including phenoxy) is 2. The summed E-state index contributed by atoms with van der Waals surface area (Å²) >= 11 is 0. The van der Waals surface area contributed by atoms with Gasteiger partial charge in [-0.2, -0.15) is 5.10 Å². The lowest BCUT2D eigenvalue weighted by atomic mass is 9.86. The molecule has 3 N–H and O–H groups in total. The molecule has 1 aromatic rings. The van der Waals surface area contributed by atoms with E-state index in [1.54, 1.807) is 11.8 Å². The smallest absolute Gasteiger partial charge is 0.0806 e. The van der Waals surface area contributed by atoms with Gasteiger partial charge in [-0.15, -0.1) is 0 Å². The Labute approximate surface area is 131 Å². The van der Waals surface area contributed by atoms with E-state index < -0.39 is 12.2 Å². The van der Waals surface area contributed by atoms with Crippen LogP contribution >= 0.6 is 0 Å². The highest BCUT2D eigenvalue weighted by molar-refractivity contribution is 5.03. The standard InChI is InChI=1S/C15H27N3O4/c1-18-9-12(8-17-18)7-16-10-15(11-22-4-3-21-2)5-13(19)14(20)6-15/h8-9,13-14,16,19-20H,3-7,10-11H2,1-2H3/t13-,14+,15?. The van der Waals surface area contributed by atoms with E-state index in [2.05, 4.69) is 10.4 Å². The van der Waals surface area contributed by atoms with Crippen molar-refractivity contribution in [2.75, 3.05) is 33.5 Å². The fourth-order valence-corrected chi connectivity index (χ4v) is 3.02. The van der Waals surface area contributed by atoms with Crippen LogP contribution in [0.25, 0.3) is 0 Å². The maximum Gasteiger partial charge on any atom is 0.0806 e. The highest BCUT2D eigenvalue weighted by Gasteiger charge is 2.44. The van der Waals surface area contributed by atoms with Crippen LogP contribution in [0.1, 0.15) is 18.4 Å². The van der Waals surface area contributed by atoms with Gasteiger partial charge in [0.15, 0.2) is 0 Å². The molecule has 0 saturated heterocycles. The van der Waals surface area contributed by atoms with Crippen molar-refractivity contribution in [1.29, 1.82) is 0 Å². The van der Waals surface area contributed by atoms with Gasteiger partial charge in [0.25, 0.3) is 0 Å². The zero-order valence-corrected chi connectivity index (χ0v) is 13.4. The molecule has 1 saturated carbocycles. The number of hydrogen-bond donors (Lipinski definition) is 3. The van der Waals surface area contributed by atoms with Gasteiger partial charge in [0.05, 0.1) is 38.2 Å². The minimum atomic E-state index is -0.675. The van der Waals surface area contributed by atoms with E-state index in [1.165, 1.54) is 0 Å². The molecule has 1 aliphatic carbocycles. The van der Waals surface area contributed by atoms with Crippen LogP contribution in [0.5, 0.6) is 0 Å². The molecule has 3 atom stereocenters. The monoisotopic (exact) mass is 313 g/mol. The van der Waals surface area contributed by atoms with Crippen LogP contribution in [-0.4, -0.2) is 65.7 Å². The highest BCUT2D eigenvalue weighted by atomic mass is 16.5. The van der Waals surface area contributed by atoms with E-state index in [4.69, 9.17) is 9.47 Å². The molecule has 0 aliphatic heterocycles. The van der Waals surface area contributed by atoms with Crippen molar-refractivity contribution in [1.82, 2.24) is 15.1 Å². The van der Waals surface area contributed by atoms with Crippen LogP contribution < -0.4 is 5.32 Å². The SMILES string of the molecule is COCCOCC1(CNCc2cnn(C)c2)C[C@@H](O)[C@@H](O)C1. The summed E-state index contributed by atoms with van der Waals surface area (Å²) < 4.78 is 12.4. The van der Waals surface area contributed by atoms with Gasteiger partial charge in [0, 0.05) is 44.4 Å². The number of hydrogen-bond acceptors (Lipinski definition) is 6. The van der Waals surface area contributed by atoms with Crippen molar-refractivity contribution < 1.29 is 19.7 Å². The molecule has 0 amide bonds. The third-order valence-corrected chi connectivity index (χ3v) is 4.16. The Bertz CT molecular complexity index is 442. The lowest BCUT2D eigenvalue weighted by Crippen LogP contribution is -2.37. The second-order valence-electron chi connectivity index (χ2n) is 6.21. The minimum absolute atomic E-state index is 0.241. The summed E-state index contributed by atoms with van der Waals surface area (Å²) in [6.07, 6.45) is 3.53. The first-order valence-corrected chi connectivity index (χ1v) is 7.66. The zero-order valence-electron chi connectivity index (χ0n) is 13.4. The van der Waals surface area contributed by atoms with Crippen molar-refractivity contribution >= 4 is 0 Å². The molecule has 1 heterocycles. The Morgan fingerprint density at radius 2 is 2.09 bits per heavy atom. The fourth-order valence-electron chi connectivity index (χ4n) is 3.02. The molecule has 0 bridgehead atoms. The summed E-state index contributed by atoms with van der Waals surface area (Å²) in [6, 6.07) is 0. The van der Waals surface area contributed by atoms with Gasteiger partial charge in [-0.1, -0.05) is 0 Å². The van der Waals surface area contributed by atoms with Crippen LogP contribution in [0.4, 0.5) is 0 Å².